The first kappa shape index (κ1) is 23.5. The molecule has 0 saturated carbocycles. The zero-order valence-electron chi connectivity index (χ0n) is 19.1. The molecule has 5 aromatic rings. The van der Waals surface area contributed by atoms with Crippen LogP contribution in [0.25, 0.3) is 20.8 Å². The number of carbonyl (C=O) groups excluding carboxylic acids is 1. The second-order valence-electron chi connectivity index (χ2n) is 7.96. The molecule has 3 aromatic heterocycles. The maximum atomic E-state index is 12.6. The van der Waals surface area contributed by atoms with E-state index in [4.69, 9.17) is 4.98 Å². The first-order valence-electron chi connectivity index (χ1n) is 11.0. The van der Waals surface area contributed by atoms with Gasteiger partial charge in [0, 0.05) is 29.1 Å². The van der Waals surface area contributed by atoms with Crippen molar-refractivity contribution in [3.63, 3.8) is 0 Å². The highest BCUT2D eigenvalue weighted by Crippen LogP contribution is 2.31. The van der Waals surface area contributed by atoms with Crippen LogP contribution in [0.3, 0.4) is 0 Å². The van der Waals surface area contributed by atoms with E-state index in [9.17, 15) is 4.79 Å². The molecule has 0 aliphatic rings. The van der Waals surface area contributed by atoms with Crippen molar-refractivity contribution in [3.8, 4) is 10.6 Å². The van der Waals surface area contributed by atoms with Crippen LogP contribution in [0.1, 0.15) is 16.3 Å². The third-order valence-corrected chi connectivity index (χ3v) is 8.22. The number of nitrogens with zero attached hydrogens (tertiary/aromatic N) is 4. The number of aromatic nitrogens is 4. The molecule has 1 N–H and O–H groups in total. The minimum Gasteiger partial charge on any atom is -0.325 e. The van der Waals surface area contributed by atoms with E-state index < -0.39 is 0 Å². The summed E-state index contributed by atoms with van der Waals surface area (Å²) in [4.78, 5) is 18.6. The molecule has 35 heavy (non-hydrogen) atoms. The molecule has 0 spiro atoms. The van der Waals surface area contributed by atoms with E-state index >= 15 is 0 Å². The largest absolute Gasteiger partial charge is 0.325 e. The molecule has 0 atom stereocenters. The molecule has 0 unspecified atom stereocenters. The molecule has 0 aliphatic carbocycles. The summed E-state index contributed by atoms with van der Waals surface area (Å²) in [6, 6.07) is 18.2. The van der Waals surface area contributed by atoms with E-state index in [0.717, 1.165) is 27.6 Å². The van der Waals surface area contributed by atoms with Crippen LogP contribution in [0, 0.1) is 6.92 Å². The highest BCUT2D eigenvalue weighted by Gasteiger charge is 2.15. The van der Waals surface area contributed by atoms with Gasteiger partial charge in [0.25, 0.3) is 0 Å². The standard InChI is InChI=1S/C26H23N5OS3/c1-3-12-31-23(15-20-5-4-13-33-20)29-30-26(31)34-16-24(32)27-19-9-7-18(8-10-19)25-28-21-11-6-17(2)14-22(21)35-25/h3-11,13-14H,1,12,15-16H2,2H3,(H,27,32). The predicted molar refractivity (Wildman–Crippen MR) is 146 cm³/mol. The van der Waals surface area contributed by atoms with Crippen molar-refractivity contribution in [2.24, 2.45) is 0 Å². The Hall–Kier alpha value is -3.27. The summed E-state index contributed by atoms with van der Waals surface area (Å²) in [6.07, 6.45) is 2.53. The topological polar surface area (TPSA) is 72.7 Å². The zero-order chi connectivity index (χ0) is 24.2. The van der Waals surface area contributed by atoms with Gasteiger partial charge < -0.3 is 9.88 Å². The zero-order valence-corrected chi connectivity index (χ0v) is 21.6. The molecule has 6 nitrogen and oxygen atoms in total. The maximum absolute atomic E-state index is 12.6. The third-order valence-electron chi connectivity index (χ3n) is 5.31. The maximum Gasteiger partial charge on any atom is 0.234 e. The Kier molecular flexibility index (Phi) is 7.08. The van der Waals surface area contributed by atoms with Gasteiger partial charge in [0.15, 0.2) is 5.16 Å². The lowest BCUT2D eigenvalue weighted by Crippen LogP contribution is -2.14. The molecular weight excluding hydrogens is 495 g/mol. The number of aryl methyl sites for hydroxylation is 1. The summed E-state index contributed by atoms with van der Waals surface area (Å²) in [5.74, 6) is 1.02. The molecule has 9 heteroatoms. The van der Waals surface area contributed by atoms with Gasteiger partial charge in [-0.25, -0.2) is 4.98 Å². The molecular formula is C26H23N5OS3. The van der Waals surface area contributed by atoms with Crippen molar-refractivity contribution in [2.75, 3.05) is 11.1 Å². The lowest BCUT2D eigenvalue weighted by Gasteiger charge is -2.08. The average molecular weight is 518 g/mol. The van der Waals surface area contributed by atoms with Crippen molar-refractivity contribution < 1.29 is 4.79 Å². The number of allylic oxidation sites excluding steroid dienone is 1. The molecule has 0 aliphatic heterocycles. The Morgan fingerprint density at radius 1 is 1.17 bits per heavy atom. The van der Waals surface area contributed by atoms with Gasteiger partial charge in [-0.3, -0.25) is 4.79 Å². The number of hydrogen-bond acceptors (Lipinski definition) is 7. The Balaban J connectivity index is 1.21. The SMILES string of the molecule is C=CCn1c(Cc2cccs2)nnc1SCC(=O)Nc1ccc(-c2nc3ccc(C)cc3s2)cc1. The van der Waals surface area contributed by atoms with Crippen molar-refractivity contribution >= 4 is 56.2 Å². The summed E-state index contributed by atoms with van der Waals surface area (Å²) < 4.78 is 3.19. The lowest BCUT2D eigenvalue weighted by molar-refractivity contribution is -0.113. The minimum atomic E-state index is -0.0915. The highest BCUT2D eigenvalue weighted by molar-refractivity contribution is 7.99. The number of amides is 1. The van der Waals surface area contributed by atoms with Crippen LogP contribution in [-0.2, 0) is 17.8 Å². The van der Waals surface area contributed by atoms with Crippen LogP contribution in [0.2, 0.25) is 0 Å². The second kappa shape index (κ2) is 10.6. The van der Waals surface area contributed by atoms with Crippen molar-refractivity contribution in [1.29, 1.82) is 0 Å². The summed E-state index contributed by atoms with van der Waals surface area (Å²) in [5, 5.41) is 15.4. The van der Waals surface area contributed by atoms with Gasteiger partial charge in [-0.1, -0.05) is 30.0 Å². The summed E-state index contributed by atoms with van der Waals surface area (Å²) >= 11 is 4.74. The van der Waals surface area contributed by atoms with Crippen LogP contribution in [0.4, 0.5) is 5.69 Å². The van der Waals surface area contributed by atoms with Crippen LogP contribution in [0.5, 0.6) is 0 Å². The van der Waals surface area contributed by atoms with Gasteiger partial charge in [-0.2, -0.15) is 0 Å². The number of fused-ring (bicyclic) bond motifs is 1. The van der Waals surface area contributed by atoms with Crippen LogP contribution in [0.15, 0.2) is 77.8 Å². The highest BCUT2D eigenvalue weighted by atomic mass is 32.2. The first-order valence-corrected chi connectivity index (χ1v) is 13.7. The predicted octanol–water partition coefficient (Wildman–Crippen LogP) is 6.43. The van der Waals surface area contributed by atoms with Crippen LogP contribution >= 0.6 is 34.4 Å². The summed E-state index contributed by atoms with van der Waals surface area (Å²) in [7, 11) is 0. The number of thiazole rings is 1. The number of anilines is 1. The van der Waals surface area contributed by atoms with Crippen molar-refractivity contribution in [1.82, 2.24) is 19.7 Å². The molecule has 176 valence electrons. The quantitative estimate of drug-likeness (QED) is 0.180. The molecule has 1 amide bonds. The lowest BCUT2D eigenvalue weighted by atomic mass is 10.2. The number of hydrogen-bond donors (Lipinski definition) is 1. The van der Waals surface area contributed by atoms with E-state index in [0.29, 0.717) is 18.1 Å². The number of thiophene rings is 1. The third kappa shape index (κ3) is 5.53. The van der Waals surface area contributed by atoms with Crippen molar-refractivity contribution in [2.45, 2.75) is 25.0 Å². The van der Waals surface area contributed by atoms with E-state index in [1.165, 1.54) is 26.9 Å². The monoisotopic (exact) mass is 517 g/mol. The van der Waals surface area contributed by atoms with Crippen molar-refractivity contribution in [3.05, 3.63) is 88.9 Å². The van der Waals surface area contributed by atoms with Gasteiger partial charge in [0.05, 0.1) is 16.0 Å². The normalized spacial score (nSPS) is 11.1. The fourth-order valence-corrected chi connectivity index (χ4v) is 6.15. The summed E-state index contributed by atoms with van der Waals surface area (Å²) in [5.41, 5.74) is 4.02. The van der Waals surface area contributed by atoms with Gasteiger partial charge >= 0.3 is 0 Å². The molecule has 0 radical (unpaired) electrons. The van der Waals surface area contributed by atoms with E-state index in [1.54, 1.807) is 22.7 Å². The Morgan fingerprint density at radius 3 is 2.80 bits per heavy atom. The Morgan fingerprint density at radius 2 is 2.03 bits per heavy atom. The van der Waals surface area contributed by atoms with E-state index in [2.05, 4.69) is 58.7 Å². The Labute approximate surface area is 215 Å². The minimum absolute atomic E-state index is 0.0915. The fraction of sp³-hybridized carbons (Fsp3) is 0.154. The van der Waals surface area contributed by atoms with Gasteiger partial charge in [0.2, 0.25) is 5.91 Å². The number of rotatable bonds is 9. The number of carbonyl (C=O) groups is 1. The first-order chi connectivity index (χ1) is 17.1. The molecule has 2 aromatic carbocycles. The smallest absolute Gasteiger partial charge is 0.234 e. The summed E-state index contributed by atoms with van der Waals surface area (Å²) in [6.45, 7) is 6.53. The fourth-order valence-electron chi connectivity index (χ4n) is 3.62. The number of benzene rings is 2. The van der Waals surface area contributed by atoms with Crippen LogP contribution in [-0.4, -0.2) is 31.4 Å². The molecule has 0 saturated heterocycles. The second-order valence-corrected chi connectivity index (χ2v) is 11.0. The molecule has 0 bridgehead atoms. The molecule has 0 fully saturated rings. The van der Waals surface area contributed by atoms with Gasteiger partial charge in [-0.05, 0) is 60.3 Å². The van der Waals surface area contributed by atoms with Gasteiger partial charge in [0.1, 0.15) is 10.8 Å². The average Bonchev–Trinajstić information content (AvgIpc) is 3.60. The molecule has 3 heterocycles. The number of thioether (sulfide) groups is 1. The van der Waals surface area contributed by atoms with Gasteiger partial charge in [-0.15, -0.1) is 39.4 Å². The molecule has 5 rings (SSSR count). The van der Waals surface area contributed by atoms with E-state index in [-0.39, 0.29) is 11.7 Å². The number of nitrogens with one attached hydrogen (secondary N) is 1. The van der Waals surface area contributed by atoms with E-state index in [1.807, 2.05) is 41.0 Å². The Bertz CT molecular complexity index is 1470. The van der Waals surface area contributed by atoms with Crippen LogP contribution < -0.4 is 5.32 Å².